The van der Waals surface area contributed by atoms with Crippen LogP contribution in [-0.2, 0) is 6.54 Å². The van der Waals surface area contributed by atoms with Gasteiger partial charge in [-0.3, -0.25) is 4.90 Å². The Morgan fingerprint density at radius 3 is 3.14 bits per heavy atom. The van der Waals surface area contributed by atoms with E-state index in [-0.39, 0.29) is 0 Å². The van der Waals surface area contributed by atoms with Gasteiger partial charge in [-0.1, -0.05) is 11.6 Å². The van der Waals surface area contributed by atoms with E-state index in [2.05, 4.69) is 4.90 Å². The molecule has 1 aromatic heterocycles. The average Bonchev–Trinajstić information content (AvgIpc) is 2.51. The van der Waals surface area contributed by atoms with Gasteiger partial charge in [-0.05, 0) is 25.5 Å². The lowest BCUT2D eigenvalue weighted by molar-refractivity contribution is 0.203. The first kappa shape index (κ1) is 10.4. The Kier molecular flexibility index (Phi) is 3.44. The minimum absolute atomic E-state index is 0.360. The van der Waals surface area contributed by atoms with Crippen LogP contribution in [-0.4, -0.2) is 24.0 Å². The van der Waals surface area contributed by atoms with Crippen molar-refractivity contribution in [3.05, 3.63) is 21.3 Å². The molecule has 0 aliphatic carbocycles. The lowest BCUT2D eigenvalue weighted by Crippen LogP contribution is -2.42. The minimum Gasteiger partial charge on any atom is -0.327 e. The second kappa shape index (κ2) is 4.62. The summed E-state index contributed by atoms with van der Waals surface area (Å²) in [5.74, 6) is 0. The van der Waals surface area contributed by atoms with E-state index in [1.54, 1.807) is 11.3 Å². The molecule has 14 heavy (non-hydrogen) atoms. The van der Waals surface area contributed by atoms with Crippen molar-refractivity contribution >= 4 is 22.9 Å². The van der Waals surface area contributed by atoms with E-state index in [0.717, 1.165) is 18.1 Å². The standard InChI is InChI=1S/C10H15ClN2S/c11-8-4-10(14-7-8)6-13-3-1-2-9(12)5-13/h4,7,9H,1-3,5-6,12H2. The molecular weight excluding hydrogens is 216 g/mol. The number of hydrogen-bond acceptors (Lipinski definition) is 3. The Bertz CT molecular complexity index is 300. The maximum absolute atomic E-state index is 5.92. The summed E-state index contributed by atoms with van der Waals surface area (Å²) in [7, 11) is 0. The molecule has 2 heterocycles. The summed E-state index contributed by atoms with van der Waals surface area (Å²) in [5, 5.41) is 2.84. The Labute approximate surface area is 93.7 Å². The van der Waals surface area contributed by atoms with Gasteiger partial charge in [0.1, 0.15) is 0 Å². The van der Waals surface area contributed by atoms with Crippen LogP contribution in [0.25, 0.3) is 0 Å². The smallest absolute Gasteiger partial charge is 0.0516 e. The molecule has 2 N–H and O–H groups in total. The molecule has 1 saturated heterocycles. The van der Waals surface area contributed by atoms with Gasteiger partial charge in [0.25, 0.3) is 0 Å². The maximum atomic E-state index is 5.92. The number of halogens is 1. The van der Waals surface area contributed by atoms with Crippen LogP contribution in [0.4, 0.5) is 0 Å². The van der Waals surface area contributed by atoms with Gasteiger partial charge in [0.05, 0.1) is 5.02 Å². The second-order valence-corrected chi connectivity index (χ2v) is 5.30. The Hall–Kier alpha value is -0.0900. The number of thiophene rings is 1. The zero-order valence-corrected chi connectivity index (χ0v) is 9.65. The van der Waals surface area contributed by atoms with Gasteiger partial charge >= 0.3 is 0 Å². The zero-order chi connectivity index (χ0) is 9.97. The largest absolute Gasteiger partial charge is 0.327 e. The summed E-state index contributed by atoms with van der Waals surface area (Å²) in [4.78, 5) is 3.75. The summed E-state index contributed by atoms with van der Waals surface area (Å²) in [6.45, 7) is 3.20. The lowest BCUT2D eigenvalue weighted by Gasteiger charge is -2.30. The van der Waals surface area contributed by atoms with Crippen molar-refractivity contribution < 1.29 is 0 Å². The number of nitrogens with two attached hydrogens (primary N) is 1. The van der Waals surface area contributed by atoms with Crippen LogP contribution >= 0.6 is 22.9 Å². The van der Waals surface area contributed by atoms with Gasteiger partial charge in [-0.25, -0.2) is 0 Å². The number of piperidine rings is 1. The number of likely N-dealkylation sites (tertiary alicyclic amines) is 1. The molecule has 1 aliphatic heterocycles. The summed E-state index contributed by atoms with van der Waals surface area (Å²) < 4.78 is 0. The van der Waals surface area contributed by atoms with E-state index in [1.165, 1.54) is 24.3 Å². The van der Waals surface area contributed by atoms with Crippen LogP contribution in [0, 0.1) is 0 Å². The molecule has 0 saturated carbocycles. The van der Waals surface area contributed by atoms with Crippen LogP contribution in [0.5, 0.6) is 0 Å². The molecule has 0 amide bonds. The fourth-order valence-electron chi connectivity index (χ4n) is 1.89. The van der Waals surface area contributed by atoms with Gasteiger partial charge in [-0.15, -0.1) is 11.3 Å². The molecule has 78 valence electrons. The van der Waals surface area contributed by atoms with E-state index in [9.17, 15) is 0 Å². The number of nitrogens with zero attached hydrogens (tertiary/aromatic N) is 1. The van der Waals surface area contributed by atoms with E-state index in [4.69, 9.17) is 17.3 Å². The van der Waals surface area contributed by atoms with Crippen molar-refractivity contribution in [3.8, 4) is 0 Å². The zero-order valence-electron chi connectivity index (χ0n) is 8.08. The van der Waals surface area contributed by atoms with Gasteiger partial charge < -0.3 is 5.73 Å². The third-order valence-corrected chi connectivity index (χ3v) is 3.81. The van der Waals surface area contributed by atoms with Gasteiger partial charge in [0.15, 0.2) is 0 Å². The lowest BCUT2D eigenvalue weighted by atomic mass is 10.1. The van der Waals surface area contributed by atoms with Crippen molar-refractivity contribution in [3.63, 3.8) is 0 Å². The van der Waals surface area contributed by atoms with E-state index < -0.39 is 0 Å². The third kappa shape index (κ3) is 2.70. The highest BCUT2D eigenvalue weighted by atomic mass is 35.5. The highest BCUT2D eigenvalue weighted by Gasteiger charge is 2.16. The summed E-state index contributed by atoms with van der Waals surface area (Å²) >= 11 is 7.60. The van der Waals surface area contributed by atoms with Gasteiger partial charge in [-0.2, -0.15) is 0 Å². The average molecular weight is 231 g/mol. The topological polar surface area (TPSA) is 29.3 Å². The van der Waals surface area contributed by atoms with Crippen molar-refractivity contribution in [2.45, 2.75) is 25.4 Å². The maximum Gasteiger partial charge on any atom is 0.0516 e. The Morgan fingerprint density at radius 1 is 1.64 bits per heavy atom. The van der Waals surface area contributed by atoms with Crippen LogP contribution in [0.15, 0.2) is 11.4 Å². The van der Waals surface area contributed by atoms with Crippen molar-refractivity contribution in [1.82, 2.24) is 4.90 Å². The molecule has 0 aromatic carbocycles. The Morgan fingerprint density at radius 2 is 2.50 bits per heavy atom. The number of rotatable bonds is 2. The van der Waals surface area contributed by atoms with Crippen LogP contribution in [0.2, 0.25) is 5.02 Å². The summed E-state index contributed by atoms with van der Waals surface area (Å²) in [6, 6.07) is 2.41. The molecule has 0 spiro atoms. The molecule has 1 unspecified atom stereocenters. The fourth-order valence-corrected chi connectivity index (χ4v) is 3.01. The molecule has 2 rings (SSSR count). The van der Waals surface area contributed by atoms with Crippen molar-refractivity contribution in [1.29, 1.82) is 0 Å². The normalized spacial score (nSPS) is 24.0. The van der Waals surface area contributed by atoms with Crippen LogP contribution in [0.1, 0.15) is 17.7 Å². The third-order valence-electron chi connectivity index (χ3n) is 2.54. The second-order valence-electron chi connectivity index (χ2n) is 3.87. The molecule has 2 nitrogen and oxygen atoms in total. The van der Waals surface area contributed by atoms with Crippen LogP contribution < -0.4 is 5.73 Å². The first-order chi connectivity index (χ1) is 6.74. The quantitative estimate of drug-likeness (QED) is 0.845. The van der Waals surface area contributed by atoms with E-state index in [1.807, 2.05) is 11.4 Å². The summed E-state index contributed by atoms with van der Waals surface area (Å²) in [6.07, 6.45) is 2.39. The SMILES string of the molecule is NC1CCCN(Cc2cc(Cl)cs2)C1. The summed E-state index contributed by atoms with van der Waals surface area (Å²) in [5.41, 5.74) is 5.92. The van der Waals surface area contributed by atoms with Crippen molar-refractivity contribution in [2.75, 3.05) is 13.1 Å². The molecular formula is C10H15ClN2S. The molecule has 1 atom stereocenters. The van der Waals surface area contributed by atoms with Crippen molar-refractivity contribution in [2.24, 2.45) is 5.73 Å². The molecule has 0 bridgehead atoms. The highest BCUT2D eigenvalue weighted by molar-refractivity contribution is 7.10. The fraction of sp³-hybridized carbons (Fsp3) is 0.600. The predicted octanol–water partition coefficient (Wildman–Crippen LogP) is 2.32. The van der Waals surface area contributed by atoms with Gasteiger partial charge in [0.2, 0.25) is 0 Å². The first-order valence-electron chi connectivity index (χ1n) is 4.95. The van der Waals surface area contributed by atoms with Crippen LogP contribution in [0.3, 0.4) is 0 Å². The Balaban J connectivity index is 1.90. The molecule has 1 aliphatic rings. The van der Waals surface area contributed by atoms with Gasteiger partial charge in [0, 0.05) is 29.4 Å². The predicted molar refractivity (Wildman–Crippen MR) is 61.8 cm³/mol. The molecule has 1 aromatic rings. The number of hydrogen-bond donors (Lipinski definition) is 1. The molecule has 0 radical (unpaired) electrons. The molecule has 4 heteroatoms. The highest BCUT2D eigenvalue weighted by Crippen LogP contribution is 2.21. The minimum atomic E-state index is 0.360. The monoisotopic (exact) mass is 230 g/mol. The van der Waals surface area contributed by atoms with E-state index in [0.29, 0.717) is 6.04 Å². The first-order valence-corrected chi connectivity index (χ1v) is 6.20. The molecule has 1 fully saturated rings. The van der Waals surface area contributed by atoms with E-state index >= 15 is 0 Å².